The number of hydrogen-bond acceptors (Lipinski definition) is 4. The van der Waals surface area contributed by atoms with Crippen molar-refractivity contribution in [1.82, 2.24) is 0 Å². The Morgan fingerprint density at radius 1 is 1.24 bits per heavy atom. The Morgan fingerprint density at radius 2 is 1.86 bits per heavy atom. The van der Waals surface area contributed by atoms with E-state index in [0.717, 1.165) is 18.5 Å². The molecule has 1 aromatic rings. The van der Waals surface area contributed by atoms with Crippen LogP contribution in [0.25, 0.3) is 0 Å². The molecule has 6 heteroatoms. The molecule has 1 fully saturated rings. The number of hydrogen-bond donors (Lipinski definition) is 0. The molecule has 118 valence electrons. The lowest BCUT2D eigenvalue weighted by Crippen LogP contribution is -2.53. The fourth-order valence-corrected chi connectivity index (χ4v) is 5.61. The van der Waals surface area contributed by atoms with E-state index >= 15 is 0 Å². The molecule has 0 aromatic heterocycles. The molecule has 0 saturated carbocycles. The van der Waals surface area contributed by atoms with Crippen molar-refractivity contribution in [2.24, 2.45) is 0 Å². The summed E-state index contributed by atoms with van der Waals surface area (Å²) in [6, 6.07) is 7.10. The van der Waals surface area contributed by atoms with Crippen molar-refractivity contribution in [2.75, 3.05) is 30.0 Å². The van der Waals surface area contributed by atoms with Gasteiger partial charge >= 0.3 is 0 Å². The number of sulfone groups is 1. The number of anilines is 1. The first-order valence-corrected chi connectivity index (χ1v) is 10.5. The maximum atomic E-state index is 12.4. The molecule has 0 radical (unpaired) electrons. The van der Waals surface area contributed by atoms with Crippen molar-refractivity contribution in [2.45, 2.75) is 36.3 Å². The van der Waals surface area contributed by atoms with Crippen LogP contribution in [0.3, 0.4) is 0 Å². The van der Waals surface area contributed by atoms with Gasteiger partial charge in [-0.15, -0.1) is 0 Å². The summed E-state index contributed by atoms with van der Waals surface area (Å²) in [5, 5.41) is 0. The van der Waals surface area contributed by atoms with Crippen LogP contribution in [0.15, 0.2) is 29.2 Å². The van der Waals surface area contributed by atoms with Gasteiger partial charge in [-0.1, -0.05) is 26.0 Å². The zero-order valence-electron chi connectivity index (χ0n) is 12.8. The molecule has 0 bridgehead atoms. The second-order valence-corrected chi connectivity index (χ2v) is 9.55. The molecular formula is C15H23NO3S2. The number of para-hydroxylation sites is 1. The number of rotatable bonds is 4. The second-order valence-electron chi connectivity index (χ2n) is 5.60. The van der Waals surface area contributed by atoms with Gasteiger partial charge in [0, 0.05) is 35.9 Å². The van der Waals surface area contributed by atoms with Gasteiger partial charge in [-0.05, 0) is 25.0 Å². The normalized spacial score (nSPS) is 22.2. The van der Waals surface area contributed by atoms with E-state index in [9.17, 15) is 12.6 Å². The largest absolute Gasteiger partial charge is 0.368 e. The van der Waals surface area contributed by atoms with Gasteiger partial charge in [-0.25, -0.2) is 8.42 Å². The van der Waals surface area contributed by atoms with Gasteiger partial charge < -0.3 is 4.90 Å². The van der Waals surface area contributed by atoms with Crippen molar-refractivity contribution in [1.29, 1.82) is 0 Å². The van der Waals surface area contributed by atoms with E-state index < -0.39 is 20.6 Å². The topological polar surface area (TPSA) is 54.5 Å². The van der Waals surface area contributed by atoms with Crippen molar-refractivity contribution < 1.29 is 12.6 Å². The molecule has 1 aliphatic heterocycles. The average Bonchev–Trinajstić information content (AvgIpc) is 2.47. The lowest BCUT2D eigenvalue weighted by Gasteiger charge is -2.42. The van der Waals surface area contributed by atoms with E-state index in [2.05, 4.69) is 18.7 Å². The Bertz CT molecular complexity index is 636. The second kappa shape index (κ2) is 6.08. The molecule has 2 rings (SSSR count). The minimum absolute atomic E-state index is 0.233. The maximum Gasteiger partial charge on any atom is 0.177 e. The molecule has 0 spiro atoms. The predicted molar refractivity (Wildman–Crippen MR) is 88.1 cm³/mol. The Hall–Kier alpha value is -0.880. The van der Waals surface area contributed by atoms with Crippen LogP contribution in [0.5, 0.6) is 0 Å². The standard InChI is InChI=1S/C15H23NO3S2/c1-4-15(5-2)12-16(10-11-20(15)17)13-8-6-7-9-14(13)21(3,18)19/h6-9H,4-5,10-12H2,1-3H3. The molecule has 0 N–H and O–H groups in total. The molecule has 21 heavy (non-hydrogen) atoms. The van der Waals surface area contributed by atoms with Crippen LogP contribution in [0.2, 0.25) is 0 Å². The van der Waals surface area contributed by atoms with Gasteiger partial charge in [0.1, 0.15) is 0 Å². The first-order valence-electron chi connectivity index (χ1n) is 7.26. The molecule has 4 nitrogen and oxygen atoms in total. The van der Waals surface area contributed by atoms with Gasteiger partial charge in [0.2, 0.25) is 0 Å². The molecule has 1 heterocycles. The summed E-state index contributed by atoms with van der Waals surface area (Å²) in [7, 11) is -4.11. The minimum Gasteiger partial charge on any atom is -0.368 e. The van der Waals surface area contributed by atoms with E-state index in [1.807, 2.05) is 12.1 Å². The van der Waals surface area contributed by atoms with Gasteiger partial charge in [-0.3, -0.25) is 4.21 Å². The zero-order chi connectivity index (χ0) is 15.7. The summed E-state index contributed by atoms with van der Waals surface area (Å²) < 4.78 is 36.1. The molecule has 0 amide bonds. The molecule has 1 aromatic carbocycles. The summed E-state index contributed by atoms with van der Waals surface area (Å²) in [5.74, 6) is 0.597. The lowest BCUT2D eigenvalue weighted by atomic mass is 10.0. The van der Waals surface area contributed by atoms with Crippen LogP contribution < -0.4 is 4.90 Å². The van der Waals surface area contributed by atoms with Crippen molar-refractivity contribution in [3.05, 3.63) is 24.3 Å². The fourth-order valence-electron chi connectivity index (χ4n) is 2.94. The third kappa shape index (κ3) is 3.16. The quantitative estimate of drug-likeness (QED) is 0.850. The summed E-state index contributed by atoms with van der Waals surface area (Å²) in [5.41, 5.74) is 0.739. The van der Waals surface area contributed by atoms with Gasteiger partial charge in [-0.2, -0.15) is 0 Å². The van der Waals surface area contributed by atoms with Crippen LogP contribution in [0.1, 0.15) is 26.7 Å². The Balaban J connectivity index is 2.43. The van der Waals surface area contributed by atoms with Crippen LogP contribution in [-0.4, -0.2) is 42.5 Å². The van der Waals surface area contributed by atoms with Crippen LogP contribution in [-0.2, 0) is 20.6 Å². The first-order chi connectivity index (χ1) is 9.84. The van der Waals surface area contributed by atoms with E-state index in [-0.39, 0.29) is 4.75 Å². The monoisotopic (exact) mass is 329 g/mol. The summed E-state index contributed by atoms with van der Waals surface area (Å²) in [6.45, 7) is 5.42. The van der Waals surface area contributed by atoms with E-state index in [0.29, 0.717) is 23.7 Å². The summed E-state index contributed by atoms with van der Waals surface area (Å²) >= 11 is 0. The summed E-state index contributed by atoms with van der Waals surface area (Å²) in [4.78, 5) is 2.45. The van der Waals surface area contributed by atoms with E-state index in [4.69, 9.17) is 0 Å². The third-order valence-corrected chi connectivity index (χ3v) is 7.77. The predicted octanol–water partition coefficient (Wildman–Crippen LogP) is 2.22. The maximum absolute atomic E-state index is 12.4. The minimum atomic E-state index is -3.26. The highest BCUT2D eigenvalue weighted by molar-refractivity contribution is 7.90. The van der Waals surface area contributed by atoms with E-state index in [1.54, 1.807) is 12.1 Å². The SMILES string of the molecule is CCC1(CC)CN(c2ccccc2S(C)(=O)=O)CCS1=O. The Kier molecular flexibility index (Phi) is 4.78. The smallest absolute Gasteiger partial charge is 0.177 e. The third-order valence-electron chi connectivity index (χ3n) is 4.40. The summed E-state index contributed by atoms with van der Waals surface area (Å²) in [6.07, 6.45) is 2.92. The molecule has 0 aliphatic carbocycles. The molecule has 1 unspecified atom stereocenters. The van der Waals surface area contributed by atoms with Crippen molar-refractivity contribution in [3.8, 4) is 0 Å². The van der Waals surface area contributed by atoms with Gasteiger partial charge in [0.15, 0.2) is 9.84 Å². The van der Waals surface area contributed by atoms with Crippen LogP contribution in [0.4, 0.5) is 5.69 Å². The Labute approximate surface area is 129 Å². The number of nitrogens with zero attached hydrogens (tertiary/aromatic N) is 1. The zero-order valence-corrected chi connectivity index (χ0v) is 14.5. The van der Waals surface area contributed by atoms with Crippen LogP contribution in [0, 0.1) is 0 Å². The van der Waals surface area contributed by atoms with Crippen LogP contribution >= 0.6 is 0 Å². The first kappa shape index (κ1) is 16.5. The highest BCUT2D eigenvalue weighted by Gasteiger charge is 2.39. The molecule has 1 saturated heterocycles. The highest BCUT2D eigenvalue weighted by Crippen LogP contribution is 2.33. The fraction of sp³-hybridized carbons (Fsp3) is 0.600. The lowest BCUT2D eigenvalue weighted by molar-refractivity contribution is 0.495. The molecule has 1 atom stereocenters. The highest BCUT2D eigenvalue weighted by atomic mass is 32.2. The Morgan fingerprint density at radius 3 is 2.43 bits per heavy atom. The number of benzene rings is 1. The molecule has 1 aliphatic rings. The van der Waals surface area contributed by atoms with Gasteiger partial charge in [0.25, 0.3) is 0 Å². The van der Waals surface area contributed by atoms with Crippen molar-refractivity contribution >= 4 is 26.3 Å². The average molecular weight is 329 g/mol. The van der Waals surface area contributed by atoms with E-state index in [1.165, 1.54) is 6.26 Å². The molecular weight excluding hydrogens is 306 g/mol. The van der Waals surface area contributed by atoms with Gasteiger partial charge in [0.05, 0.1) is 15.3 Å². The van der Waals surface area contributed by atoms with Crippen molar-refractivity contribution in [3.63, 3.8) is 0 Å².